The van der Waals surface area contributed by atoms with E-state index >= 15 is 0 Å². The number of primary amides is 1. The SMILES string of the molecule is NC(=O)CC(c1cccc(Oc2ccccc2)c1)c1cn(Cc2ccccc2)c2ccccc12. The first kappa shape index (κ1) is 21.5. The van der Waals surface area contributed by atoms with Crippen molar-refractivity contribution in [2.75, 3.05) is 0 Å². The normalized spacial score (nSPS) is 11.9. The van der Waals surface area contributed by atoms with Crippen LogP contribution in [0, 0.1) is 0 Å². The summed E-state index contributed by atoms with van der Waals surface area (Å²) in [4.78, 5) is 12.2. The smallest absolute Gasteiger partial charge is 0.218 e. The van der Waals surface area contributed by atoms with Gasteiger partial charge in [0.25, 0.3) is 0 Å². The fraction of sp³-hybridized carbons (Fsp3) is 0.100. The largest absolute Gasteiger partial charge is 0.457 e. The minimum absolute atomic E-state index is 0.182. The van der Waals surface area contributed by atoms with E-state index in [1.54, 1.807) is 0 Å². The molecule has 34 heavy (non-hydrogen) atoms. The number of nitrogens with two attached hydrogens (primary N) is 1. The average Bonchev–Trinajstić information content (AvgIpc) is 3.22. The maximum absolute atomic E-state index is 12.2. The number of benzene rings is 4. The molecule has 4 nitrogen and oxygen atoms in total. The minimum Gasteiger partial charge on any atom is -0.457 e. The van der Waals surface area contributed by atoms with E-state index in [9.17, 15) is 4.79 Å². The summed E-state index contributed by atoms with van der Waals surface area (Å²) < 4.78 is 8.31. The van der Waals surface area contributed by atoms with E-state index in [0.717, 1.165) is 40.1 Å². The zero-order valence-corrected chi connectivity index (χ0v) is 18.8. The highest BCUT2D eigenvalue weighted by atomic mass is 16.5. The molecule has 0 fully saturated rings. The number of para-hydroxylation sites is 2. The topological polar surface area (TPSA) is 57.3 Å². The zero-order chi connectivity index (χ0) is 23.3. The molecule has 0 spiro atoms. The van der Waals surface area contributed by atoms with Crippen LogP contribution in [-0.2, 0) is 11.3 Å². The second-order valence-corrected chi connectivity index (χ2v) is 8.43. The maximum atomic E-state index is 12.2. The fourth-order valence-corrected chi connectivity index (χ4v) is 4.49. The van der Waals surface area contributed by atoms with E-state index in [1.807, 2.05) is 72.8 Å². The molecule has 1 unspecified atom stereocenters. The second kappa shape index (κ2) is 9.67. The van der Waals surface area contributed by atoms with Gasteiger partial charge in [0.2, 0.25) is 5.91 Å². The Morgan fingerprint density at radius 1 is 0.794 bits per heavy atom. The van der Waals surface area contributed by atoms with Gasteiger partial charge in [0, 0.05) is 36.0 Å². The molecule has 0 saturated carbocycles. The van der Waals surface area contributed by atoms with E-state index in [0.29, 0.717) is 0 Å². The van der Waals surface area contributed by atoms with Crippen LogP contribution in [0.5, 0.6) is 11.5 Å². The summed E-state index contributed by atoms with van der Waals surface area (Å²) >= 11 is 0. The lowest BCUT2D eigenvalue weighted by molar-refractivity contribution is -0.118. The highest BCUT2D eigenvalue weighted by Crippen LogP contribution is 2.36. The lowest BCUT2D eigenvalue weighted by Gasteiger charge is -2.17. The van der Waals surface area contributed by atoms with Gasteiger partial charge in [-0.3, -0.25) is 4.79 Å². The molecule has 1 amide bonds. The summed E-state index contributed by atoms with van der Waals surface area (Å²) in [6.45, 7) is 0.752. The van der Waals surface area contributed by atoms with Crippen LogP contribution in [0.3, 0.4) is 0 Å². The third-order valence-electron chi connectivity index (χ3n) is 6.04. The molecule has 0 bridgehead atoms. The van der Waals surface area contributed by atoms with Gasteiger partial charge in [-0.2, -0.15) is 0 Å². The summed E-state index contributed by atoms with van der Waals surface area (Å²) in [6.07, 6.45) is 2.38. The summed E-state index contributed by atoms with van der Waals surface area (Å²) in [5.41, 5.74) is 10.2. The van der Waals surface area contributed by atoms with Crippen LogP contribution in [0.4, 0.5) is 0 Å². The molecule has 4 heteroatoms. The summed E-state index contributed by atoms with van der Waals surface area (Å²) in [5.74, 6) is 0.981. The molecule has 1 atom stereocenters. The first-order chi connectivity index (χ1) is 16.7. The van der Waals surface area contributed by atoms with Crippen LogP contribution < -0.4 is 10.5 Å². The van der Waals surface area contributed by atoms with Crippen molar-refractivity contribution in [2.24, 2.45) is 5.73 Å². The van der Waals surface area contributed by atoms with Gasteiger partial charge < -0.3 is 15.0 Å². The van der Waals surface area contributed by atoms with Crippen molar-refractivity contribution < 1.29 is 9.53 Å². The molecule has 1 aromatic heterocycles. The van der Waals surface area contributed by atoms with Crippen LogP contribution in [0.25, 0.3) is 10.9 Å². The Kier molecular flexibility index (Phi) is 6.13. The fourth-order valence-electron chi connectivity index (χ4n) is 4.49. The summed E-state index contributed by atoms with van der Waals surface area (Å²) in [6, 6.07) is 36.3. The minimum atomic E-state index is -0.334. The number of hydrogen-bond acceptors (Lipinski definition) is 2. The van der Waals surface area contributed by atoms with E-state index < -0.39 is 0 Å². The number of carbonyl (C=O) groups excluding carboxylic acids is 1. The standard InChI is InChI=1S/C30H26N2O2/c31-30(33)19-27(23-12-9-15-25(18-23)34-24-13-5-2-6-14-24)28-21-32(20-22-10-3-1-4-11-22)29-17-8-7-16-26(28)29/h1-18,21,27H,19-20H2,(H2,31,33). The van der Waals surface area contributed by atoms with Crippen molar-refractivity contribution >= 4 is 16.8 Å². The van der Waals surface area contributed by atoms with Crippen LogP contribution in [0.1, 0.15) is 29.0 Å². The lowest BCUT2D eigenvalue weighted by atomic mass is 9.88. The van der Waals surface area contributed by atoms with Gasteiger partial charge in [0.15, 0.2) is 0 Å². The highest BCUT2D eigenvalue weighted by Gasteiger charge is 2.22. The third-order valence-corrected chi connectivity index (χ3v) is 6.04. The van der Waals surface area contributed by atoms with Crippen molar-refractivity contribution in [3.63, 3.8) is 0 Å². The number of fused-ring (bicyclic) bond motifs is 1. The number of nitrogens with zero attached hydrogens (tertiary/aromatic N) is 1. The predicted molar refractivity (Wildman–Crippen MR) is 136 cm³/mol. The monoisotopic (exact) mass is 446 g/mol. The molecular weight excluding hydrogens is 420 g/mol. The third kappa shape index (κ3) is 4.71. The number of carbonyl (C=O) groups is 1. The molecule has 168 valence electrons. The first-order valence-electron chi connectivity index (χ1n) is 11.4. The second-order valence-electron chi connectivity index (χ2n) is 8.43. The van der Waals surface area contributed by atoms with E-state index in [4.69, 9.17) is 10.5 Å². The van der Waals surface area contributed by atoms with Gasteiger partial charge in [-0.15, -0.1) is 0 Å². The molecule has 2 N–H and O–H groups in total. The van der Waals surface area contributed by atoms with E-state index in [-0.39, 0.29) is 18.2 Å². The van der Waals surface area contributed by atoms with Crippen LogP contribution in [-0.4, -0.2) is 10.5 Å². The molecular formula is C30H26N2O2. The van der Waals surface area contributed by atoms with Crippen molar-refractivity contribution in [1.82, 2.24) is 4.57 Å². The molecule has 0 aliphatic heterocycles. The molecule has 5 aromatic rings. The average molecular weight is 447 g/mol. The van der Waals surface area contributed by atoms with Gasteiger partial charge in [-0.05, 0) is 47.0 Å². The lowest BCUT2D eigenvalue weighted by Crippen LogP contribution is -2.16. The van der Waals surface area contributed by atoms with Crippen LogP contribution in [0.2, 0.25) is 0 Å². The van der Waals surface area contributed by atoms with Crippen LogP contribution >= 0.6 is 0 Å². The number of rotatable bonds is 8. The van der Waals surface area contributed by atoms with Gasteiger partial charge in [0.1, 0.15) is 11.5 Å². The quantitative estimate of drug-likeness (QED) is 0.296. The molecule has 0 radical (unpaired) electrons. The van der Waals surface area contributed by atoms with Gasteiger partial charge in [-0.25, -0.2) is 0 Å². The van der Waals surface area contributed by atoms with Crippen molar-refractivity contribution in [2.45, 2.75) is 18.9 Å². The number of aromatic nitrogens is 1. The Morgan fingerprint density at radius 3 is 2.24 bits per heavy atom. The van der Waals surface area contributed by atoms with Gasteiger partial charge in [-0.1, -0.05) is 78.9 Å². The Balaban J connectivity index is 1.56. The first-order valence-corrected chi connectivity index (χ1v) is 11.4. The number of ether oxygens (including phenoxy) is 1. The van der Waals surface area contributed by atoms with Crippen LogP contribution in [0.15, 0.2) is 115 Å². The number of hydrogen-bond donors (Lipinski definition) is 1. The van der Waals surface area contributed by atoms with Crippen molar-refractivity contribution in [3.05, 3.63) is 132 Å². The molecule has 0 aliphatic carbocycles. The van der Waals surface area contributed by atoms with E-state index in [1.165, 1.54) is 5.56 Å². The summed E-state index contributed by atoms with van der Waals surface area (Å²) in [7, 11) is 0. The Bertz CT molecular complexity index is 1410. The Morgan fingerprint density at radius 2 is 1.47 bits per heavy atom. The summed E-state index contributed by atoms with van der Waals surface area (Å²) in [5, 5.41) is 1.12. The van der Waals surface area contributed by atoms with Gasteiger partial charge in [0.05, 0.1) is 0 Å². The highest BCUT2D eigenvalue weighted by molar-refractivity contribution is 5.86. The molecule has 4 aromatic carbocycles. The maximum Gasteiger partial charge on any atom is 0.218 e. The van der Waals surface area contributed by atoms with Gasteiger partial charge >= 0.3 is 0 Å². The predicted octanol–water partition coefficient (Wildman–Crippen LogP) is 6.49. The number of amides is 1. The molecule has 1 heterocycles. The van der Waals surface area contributed by atoms with Crippen molar-refractivity contribution in [1.29, 1.82) is 0 Å². The molecule has 0 aliphatic rings. The Hall–Kier alpha value is -4.31. The Labute approximate surface area is 199 Å². The molecule has 0 saturated heterocycles. The van der Waals surface area contributed by atoms with E-state index in [2.05, 4.69) is 47.2 Å². The zero-order valence-electron chi connectivity index (χ0n) is 18.8. The van der Waals surface area contributed by atoms with Crippen molar-refractivity contribution in [3.8, 4) is 11.5 Å². The molecule has 5 rings (SSSR count).